The van der Waals surface area contributed by atoms with Crippen molar-refractivity contribution in [2.24, 2.45) is 5.92 Å². The second-order valence-corrected chi connectivity index (χ2v) is 5.77. The smallest absolute Gasteiger partial charge is 0.462 e. The van der Waals surface area contributed by atoms with E-state index in [-0.39, 0.29) is 30.7 Å². The van der Waals surface area contributed by atoms with Crippen LogP contribution in [-0.2, 0) is 23.7 Å². The fraction of sp³-hybridized carbons (Fsp3) is 0.867. The van der Waals surface area contributed by atoms with Crippen molar-refractivity contribution in [1.29, 1.82) is 0 Å². The Morgan fingerprint density at radius 3 is 2.19 bits per heavy atom. The van der Waals surface area contributed by atoms with Crippen molar-refractivity contribution < 1.29 is 28.5 Å². The molecule has 0 aromatic carbocycles. The van der Waals surface area contributed by atoms with Crippen LogP contribution in [0.3, 0.4) is 0 Å². The highest BCUT2D eigenvalue weighted by Crippen LogP contribution is 2.12. The van der Waals surface area contributed by atoms with Crippen LogP contribution in [-0.4, -0.2) is 43.7 Å². The second kappa shape index (κ2) is 9.60. The molecule has 0 bridgehead atoms. The van der Waals surface area contributed by atoms with Gasteiger partial charge in [-0.2, -0.15) is 0 Å². The van der Waals surface area contributed by atoms with Crippen LogP contribution in [0.15, 0.2) is 0 Å². The van der Waals surface area contributed by atoms with E-state index in [1.165, 1.54) is 0 Å². The third-order valence-corrected chi connectivity index (χ3v) is 2.88. The second-order valence-electron chi connectivity index (χ2n) is 5.77. The molecular weight excluding hydrogens is 276 g/mol. The van der Waals surface area contributed by atoms with Crippen LogP contribution in [0.25, 0.3) is 0 Å². The van der Waals surface area contributed by atoms with E-state index in [0.717, 1.165) is 6.42 Å². The van der Waals surface area contributed by atoms with Gasteiger partial charge in [0.25, 0.3) is 0 Å². The minimum atomic E-state index is -0.791. The summed E-state index contributed by atoms with van der Waals surface area (Å²) in [6.45, 7) is 11.5. The van der Waals surface area contributed by atoms with Gasteiger partial charge in [0, 0.05) is 0 Å². The first-order valence-corrected chi connectivity index (χ1v) is 7.32. The molecule has 0 N–H and O–H groups in total. The standard InChI is InChI=1S/C15H28O6/c1-7-15(5,6)20-9-8-18-14(17)21-12(4)10-19-13(16)11(2)3/h11-12H,7-10H2,1-6H3. The average molecular weight is 304 g/mol. The molecule has 0 radical (unpaired) electrons. The third kappa shape index (κ3) is 10.1. The molecule has 0 heterocycles. The quantitative estimate of drug-likeness (QED) is 0.482. The lowest BCUT2D eigenvalue weighted by Crippen LogP contribution is -2.27. The van der Waals surface area contributed by atoms with Gasteiger partial charge in [-0.3, -0.25) is 4.79 Å². The highest BCUT2D eigenvalue weighted by atomic mass is 16.7. The number of carbonyl (C=O) groups is 2. The van der Waals surface area contributed by atoms with Crippen molar-refractivity contribution in [1.82, 2.24) is 0 Å². The summed E-state index contributed by atoms with van der Waals surface area (Å²) in [5.74, 6) is -0.530. The van der Waals surface area contributed by atoms with Gasteiger partial charge in [-0.05, 0) is 27.2 Å². The lowest BCUT2D eigenvalue weighted by atomic mass is 10.1. The number of rotatable bonds is 9. The minimum absolute atomic E-state index is 0.0193. The van der Waals surface area contributed by atoms with E-state index in [9.17, 15) is 9.59 Å². The van der Waals surface area contributed by atoms with Crippen LogP contribution in [0.1, 0.15) is 48.0 Å². The number of hydrogen-bond donors (Lipinski definition) is 0. The van der Waals surface area contributed by atoms with Crippen LogP contribution < -0.4 is 0 Å². The molecule has 1 atom stereocenters. The Balaban J connectivity index is 3.76. The Morgan fingerprint density at radius 2 is 1.67 bits per heavy atom. The van der Waals surface area contributed by atoms with E-state index in [4.69, 9.17) is 18.9 Å². The summed E-state index contributed by atoms with van der Waals surface area (Å²) in [6.07, 6.45) is -0.468. The average Bonchev–Trinajstić information content (AvgIpc) is 2.40. The summed E-state index contributed by atoms with van der Waals surface area (Å²) < 4.78 is 20.3. The minimum Gasteiger partial charge on any atom is -0.462 e. The number of ether oxygens (including phenoxy) is 4. The molecule has 1 unspecified atom stereocenters. The molecule has 6 heteroatoms. The molecule has 0 aromatic rings. The lowest BCUT2D eigenvalue weighted by molar-refractivity contribution is -0.150. The number of carbonyl (C=O) groups excluding carboxylic acids is 2. The molecule has 0 spiro atoms. The van der Waals surface area contributed by atoms with Crippen molar-refractivity contribution in [3.8, 4) is 0 Å². The monoisotopic (exact) mass is 304 g/mol. The summed E-state index contributed by atoms with van der Waals surface area (Å²) in [5.41, 5.74) is -0.231. The number of hydrogen-bond acceptors (Lipinski definition) is 6. The molecule has 0 saturated heterocycles. The largest absolute Gasteiger partial charge is 0.508 e. The molecule has 0 saturated carbocycles. The van der Waals surface area contributed by atoms with Crippen LogP contribution in [0, 0.1) is 5.92 Å². The molecule has 0 aliphatic rings. The molecule has 21 heavy (non-hydrogen) atoms. The van der Waals surface area contributed by atoms with Gasteiger partial charge < -0.3 is 18.9 Å². The SMILES string of the molecule is CCC(C)(C)OCCOC(=O)OC(C)COC(=O)C(C)C. The van der Waals surface area contributed by atoms with Gasteiger partial charge in [-0.25, -0.2) is 4.79 Å². The molecule has 0 fully saturated rings. The Bertz CT molecular complexity index is 324. The predicted molar refractivity (Wildman–Crippen MR) is 78.0 cm³/mol. The van der Waals surface area contributed by atoms with E-state index >= 15 is 0 Å². The zero-order valence-corrected chi connectivity index (χ0v) is 13.9. The molecule has 0 amide bonds. The fourth-order valence-electron chi connectivity index (χ4n) is 1.14. The van der Waals surface area contributed by atoms with Gasteiger partial charge in [0.2, 0.25) is 0 Å². The Morgan fingerprint density at radius 1 is 1.05 bits per heavy atom. The van der Waals surface area contributed by atoms with E-state index < -0.39 is 12.3 Å². The van der Waals surface area contributed by atoms with Crippen molar-refractivity contribution in [3.63, 3.8) is 0 Å². The van der Waals surface area contributed by atoms with Crippen LogP contribution in [0.4, 0.5) is 4.79 Å². The van der Waals surface area contributed by atoms with Crippen LogP contribution >= 0.6 is 0 Å². The Labute approximate surface area is 127 Å². The van der Waals surface area contributed by atoms with E-state index in [1.807, 2.05) is 20.8 Å². The summed E-state index contributed by atoms with van der Waals surface area (Å²) in [6, 6.07) is 0. The first kappa shape index (κ1) is 19.7. The Hall–Kier alpha value is -1.30. The zero-order valence-electron chi connectivity index (χ0n) is 13.9. The van der Waals surface area contributed by atoms with E-state index in [2.05, 4.69) is 0 Å². The predicted octanol–water partition coefficient (Wildman–Crippen LogP) is 2.93. The molecule has 124 valence electrons. The molecule has 0 aromatic heterocycles. The van der Waals surface area contributed by atoms with Crippen molar-refractivity contribution >= 4 is 12.1 Å². The maximum atomic E-state index is 11.4. The van der Waals surface area contributed by atoms with Gasteiger partial charge in [-0.15, -0.1) is 0 Å². The molecule has 0 aliphatic heterocycles. The van der Waals surface area contributed by atoms with Gasteiger partial charge in [0.05, 0.1) is 18.1 Å². The first-order valence-electron chi connectivity index (χ1n) is 7.32. The van der Waals surface area contributed by atoms with Crippen LogP contribution in [0.5, 0.6) is 0 Å². The summed E-state index contributed by atoms with van der Waals surface area (Å²) in [4.78, 5) is 22.6. The van der Waals surface area contributed by atoms with Crippen molar-refractivity contribution in [3.05, 3.63) is 0 Å². The van der Waals surface area contributed by atoms with Gasteiger partial charge in [-0.1, -0.05) is 20.8 Å². The van der Waals surface area contributed by atoms with Crippen molar-refractivity contribution in [2.45, 2.75) is 59.7 Å². The zero-order chi connectivity index (χ0) is 16.5. The normalized spacial score (nSPS) is 12.9. The van der Waals surface area contributed by atoms with Gasteiger partial charge in [0.1, 0.15) is 19.3 Å². The third-order valence-electron chi connectivity index (χ3n) is 2.88. The maximum Gasteiger partial charge on any atom is 0.508 e. The van der Waals surface area contributed by atoms with Crippen LogP contribution in [0.2, 0.25) is 0 Å². The van der Waals surface area contributed by atoms with Crippen molar-refractivity contribution in [2.75, 3.05) is 19.8 Å². The molecule has 0 rings (SSSR count). The summed E-state index contributed by atoms with van der Waals surface area (Å²) in [7, 11) is 0. The van der Waals surface area contributed by atoms with E-state index in [0.29, 0.717) is 6.61 Å². The maximum absolute atomic E-state index is 11.4. The lowest BCUT2D eigenvalue weighted by Gasteiger charge is -2.23. The van der Waals surface area contributed by atoms with Gasteiger partial charge in [0.15, 0.2) is 0 Å². The summed E-state index contributed by atoms with van der Waals surface area (Å²) in [5, 5.41) is 0. The highest BCUT2D eigenvalue weighted by Gasteiger charge is 2.17. The number of esters is 1. The van der Waals surface area contributed by atoms with Gasteiger partial charge >= 0.3 is 12.1 Å². The fourth-order valence-corrected chi connectivity index (χ4v) is 1.14. The molecule has 0 aliphatic carbocycles. The Kier molecular flexibility index (Phi) is 9.01. The highest BCUT2D eigenvalue weighted by molar-refractivity contribution is 5.71. The molecule has 6 nitrogen and oxygen atoms in total. The van der Waals surface area contributed by atoms with E-state index in [1.54, 1.807) is 20.8 Å². The summed E-state index contributed by atoms with van der Waals surface area (Å²) >= 11 is 0. The topological polar surface area (TPSA) is 71.1 Å². The first-order chi connectivity index (χ1) is 9.68. The molecular formula is C15H28O6.